The number of aliphatic hydroxyl groups excluding tert-OH is 4. The minimum atomic E-state index is -1.46. The number of rotatable bonds is 15. The molecular weight excluding hydrogens is 364 g/mol. The van der Waals surface area contributed by atoms with Crippen molar-refractivity contribution < 1.29 is 48.8 Å². The highest BCUT2D eigenvalue weighted by Gasteiger charge is 2.43. The molecule has 0 bridgehead atoms. The molecule has 10 heteroatoms. The third-order valence-corrected chi connectivity index (χ3v) is 3.66. The lowest BCUT2D eigenvalue weighted by Crippen LogP contribution is -2.59. The molecule has 27 heavy (non-hydrogen) atoms. The first-order chi connectivity index (χ1) is 13.1. The average molecular weight is 394 g/mol. The van der Waals surface area contributed by atoms with Gasteiger partial charge in [-0.1, -0.05) is 5.92 Å². The zero-order chi connectivity index (χ0) is 19.9. The second kappa shape index (κ2) is 15.1. The fraction of sp³-hybridized carbons (Fsp3) is 0.882. The molecule has 1 aliphatic heterocycles. The van der Waals surface area contributed by atoms with Crippen LogP contribution in [0.25, 0.3) is 0 Å². The third-order valence-electron chi connectivity index (χ3n) is 3.66. The van der Waals surface area contributed by atoms with Gasteiger partial charge in [0.05, 0.1) is 59.5 Å². The Morgan fingerprint density at radius 3 is 1.78 bits per heavy atom. The predicted molar refractivity (Wildman–Crippen MR) is 91.8 cm³/mol. The molecular formula is C17H30O10. The molecule has 1 fully saturated rings. The van der Waals surface area contributed by atoms with Gasteiger partial charge in [0, 0.05) is 0 Å². The molecule has 5 unspecified atom stereocenters. The minimum Gasteiger partial charge on any atom is -0.394 e. The van der Waals surface area contributed by atoms with Crippen molar-refractivity contribution >= 4 is 0 Å². The second-order valence-electron chi connectivity index (χ2n) is 5.66. The van der Waals surface area contributed by atoms with Crippen molar-refractivity contribution in [3.05, 3.63) is 0 Å². The van der Waals surface area contributed by atoms with E-state index in [1.807, 2.05) is 0 Å². The molecule has 1 saturated heterocycles. The summed E-state index contributed by atoms with van der Waals surface area (Å²) >= 11 is 0. The fourth-order valence-corrected chi connectivity index (χ4v) is 2.22. The van der Waals surface area contributed by atoms with Crippen molar-refractivity contribution in [1.29, 1.82) is 0 Å². The van der Waals surface area contributed by atoms with E-state index in [1.165, 1.54) is 0 Å². The van der Waals surface area contributed by atoms with Gasteiger partial charge >= 0.3 is 0 Å². The number of hydrogen-bond donors (Lipinski definition) is 4. The Morgan fingerprint density at radius 2 is 1.26 bits per heavy atom. The zero-order valence-electron chi connectivity index (χ0n) is 15.3. The summed E-state index contributed by atoms with van der Waals surface area (Å²) in [7, 11) is 0. The van der Waals surface area contributed by atoms with E-state index in [1.54, 1.807) is 0 Å². The topological polar surface area (TPSA) is 136 Å². The van der Waals surface area contributed by atoms with E-state index in [4.69, 9.17) is 40.0 Å². The van der Waals surface area contributed by atoms with Crippen LogP contribution >= 0.6 is 0 Å². The van der Waals surface area contributed by atoms with Gasteiger partial charge in [-0.2, -0.15) is 0 Å². The zero-order valence-corrected chi connectivity index (χ0v) is 15.3. The summed E-state index contributed by atoms with van der Waals surface area (Å²) in [5.41, 5.74) is 0. The molecule has 10 nitrogen and oxygen atoms in total. The van der Waals surface area contributed by atoms with Gasteiger partial charge in [-0.3, -0.25) is 0 Å². The van der Waals surface area contributed by atoms with Gasteiger partial charge in [-0.05, 0) is 0 Å². The number of terminal acetylenes is 1. The maximum atomic E-state index is 9.79. The highest BCUT2D eigenvalue weighted by molar-refractivity contribution is 4.88. The Labute approximate surface area is 158 Å². The first-order valence-corrected chi connectivity index (χ1v) is 8.78. The molecule has 158 valence electrons. The van der Waals surface area contributed by atoms with Crippen LogP contribution in [0.2, 0.25) is 0 Å². The SMILES string of the molecule is C#CCOCCOCCOCCOCCOC1OC(CO)C(O)C(O)C1O. The van der Waals surface area contributed by atoms with Crippen LogP contribution in [-0.4, -0.2) is 117 Å². The van der Waals surface area contributed by atoms with Crippen molar-refractivity contribution in [3.8, 4) is 12.3 Å². The van der Waals surface area contributed by atoms with E-state index in [0.29, 0.717) is 39.6 Å². The van der Waals surface area contributed by atoms with Crippen molar-refractivity contribution in [2.24, 2.45) is 0 Å². The molecule has 0 aromatic carbocycles. The normalized spacial score (nSPS) is 28.2. The van der Waals surface area contributed by atoms with Crippen LogP contribution in [0.4, 0.5) is 0 Å². The van der Waals surface area contributed by atoms with E-state index in [2.05, 4.69) is 5.92 Å². The van der Waals surface area contributed by atoms with Crippen LogP contribution in [0.1, 0.15) is 0 Å². The van der Waals surface area contributed by atoms with E-state index in [9.17, 15) is 15.3 Å². The van der Waals surface area contributed by atoms with Gasteiger partial charge < -0.3 is 48.8 Å². The Morgan fingerprint density at radius 1 is 0.741 bits per heavy atom. The smallest absolute Gasteiger partial charge is 0.186 e. The van der Waals surface area contributed by atoms with E-state index in [0.717, 1.165) is 0 Å². The maximum Gasteiger partial charge on any atom is 0.186 e. The summed E-state index contributed by atoms with van der Waals surface area (Å²) in [5.74, 6) is 2.36. The number of ether oxygens (including phenoxy) is 6. The molecule has 1 aliphatic rings. The summed E-state index contributed by atoms with van der Waals surface area (Å²) < 4.78 is 31.4. The van der Waals surface area contributed by atoms with Crippen molar-refractivity contribution in [2.45, 2.75) is 30.7 Å². The molecule has 0 aromatic rings. The Balaban J connectivity index is 1.93. The first kappa shape index (κ1) is 24.2. The van der Waals surface area contributed by atoms with Gasteiger partial charge in [-0.25, -0.2) is 0 Å². The van der Waals surface area contributed by atoms with Crippen LogP contribution in [0.3, 0.4) is 0 Å². The van der Waals surface area contributed by atoms with E-state index in [-0.39, 0.29) is 19.8 Å². The molecule has 0 aromatic heterocycles. The van der Waals surface area contributed by atoms with Crippen molar-refractivity contribution in [3.63, 3.8) is 0 Å². The molecule has 5 atom stereocenters. The lowest BCUT2D eigenvalue weighted by Gasteiger charge is -2.39. The van der Waals surface area contributed by atoms with Crippen LogP contribution < -0.4 is 0 Å². The third kappa shape index (κ3) is 9.77. The number of hydrogen-bond acceptors (Lipinski definition) is 10. The number of aliphatic hydroxyl groups is 4. The van der Waals surface area contributed by atoms with Crippen molar-refractivity contribution in [1.82, 2.24) is 0 Å². The molecule has 0 saturated carbocycles. The fourth-order valence-electron chi connectivity index (χ4n) is 2.22. The summed E-state index contributed by atoms with van der Waals surface area (Å²) in [6, 6.07) is 0. The van der Waals surface area contributed by atoms with Crippen molar-refractivity contribution in [2.75, 3.05) is 66.1 Å². The van der Waals surface area contributed by atoms with Gasteiger partial charge in [-0.15, -0.1) is 6.42 Å². The summed E-state index contributed by atoms with van der Waals surface area (Å²) in [5, 5.41) is 38.2. The molecule has 0 amide bonds. The maximum absolute atomic E-state index is 9.79. The summed E-state index contributed by atoms with van der Waals surface area (Å²) in [6.45, 7) is 2.61. The summed E-state index contributed by atoms with van der Waals surface area (Å²) in [4.78, 5) is 0. The molecule has 0 radical (unpaired) electrons. The molecule has 0 aliphatic carbocycles. The summed E-state index contributed by atoms with van der Waals surface area (Å²) in [6.07, 6.45) is -1.39. The Hall–Kier alpha value is -0.840. The Kier molecular flexibility index (Phi) is 13.6. The largest absolute Gasteiger partial charge is 0.394 e. The van der Waals surface area contributed by atoms with Gasteiger partial charge in [0.2, 0.25) is 0 Å². The second-order valence-corrected chi connectivity index (χ2v) is 5.66. The van der Waals surface area contributed by atoms with E-state index >= 15 is 0 Å². The highest BCUT2D eigenvalue weighted by atomic mass is 16.7. The molecule has 1 heterocycles. The molecule has 1 rings (SSSR count). The first-order valence-electron chi connectivity index (χ1n) is 8.78. The van der Waals surface area contributed by atoms with Crippen LogP contribution in [-0.2, 0) is 28.4 Å². The van der Waals surface area contributed by atoms with Crippen LogP contribution in [0.15, 0.2) is 0 Å². The predicted octanol–water partition coefficient (Wildman–Crippen LogP) is -2.50. The van der Waals surface area contributed by atoms with Gasteiger partial charge in [0.15, 0.2) is 6.29 Å². The van der Waals surface area contributed by atoms with E-state index < -0.39 is 37.3 Å². The standard InChI is InChI=1S/C17H30O10/c1-2-3-22-4-5-23-6-7-24-8-9-25-10-11-26-17-16(21)15(20)14(19)13(12-18)27-17/h1,13-21H,3-12H2. The molecule has 4 N–H and O–H groups in total. The lowest BCUT2D eigenvalue weighted by atomic mass is 9.99. The minimum absolute atomic E-state index is 0.101. The van der Waals surface area contributed by atoms with Crippen LogP contribution in [0.5, 0.6) is 0 Å². The van der Waals surface area contributed by atoms with Gasteiger partial charge in [0.1, 0.15) is 31.0 Å². The van der Waals surface area contributed by atoms with Gasteiger partial charge in [0.25, 0.3) is 0 Å². The quantitative estimate of drug-likeness (QED) is 0.174. The Bertz CT molecular complexity index is 400. The highest BCUT2D eigenvalue weighted by Crippen LogP contribution is 2.21. The average Bonchev–Trinajstić information content (AvgIpc) is 2.68. The monoisotopic (exact) mass is 394 g/mol. The molecule has 0 spiro atoms. The lowest BCUT2D eigenvalue weighted by molar-refractivity contribution is -0.302. The van der Waals surface area contributed by atoms with Crippen LogP contribution in [0, 0.1) is 12.3 Å².